The highest BCUT2D eigenvalue weighted by molar-refractivity contribution is 4.83. The lowest BCUT2D eigenvalue weighted by Crippen LogP contribution is -2.25. The normalized spacial score (nSPS) is 38.7. The number of hydrogen-bond donors (Lipinski definition) is 0. The lowest BCUT2D eigenvalue weighted by molar-refractivity contribution is 0.118. The molecule has 1 fully saturated rings. The van der Waals surface area contributed by atoms with Crippen molar-refractivity contribution >= 4 is 0 Å². The Hall–Kier alpha value is -0.110. The van der Waals surface area contributed by atoms with Crippen LogP contribution in [0.5, 0.6) is 0 Å². The van der Waals surface area contributed by atoms with Crippen LogP contribution in [0.3, 0.4) is 0 Å². The highest BCUT2D eigenvalue weighted by atomic mass is 19.1. The maximum atomic E-state index is 12.9. The van der Waals surface area contributed by atoms with Gasteiger partial charge in [-0.15, -0.1) is 0 Å². The molecule has 0 radical (unpaired) electrons. The van der Waals surface area contributed by atoms with Crippen LogP contribution in [0, 0.1) is 5.92 Å². The number of halogens is 1. The van der Waals surface area contributed by atoms with Gasteiger partial charge in [-0.05, 0) is 6.92 Å². The summed E-state index contributed by atoms with van der Waals surface area (Å²) in [6, 6.07) is 0. The Bertz CT molecular complexity index is 91.3. The van der Waals surface area contributed by atoms with Crippen LogP contribution in [0.1, 0.15) is 27.7 Å². The highest BCUT2D eigenvalue weighted by Gasteiger charge is 2.36. The molecule has 0 amide bonds. The lowest BCUT2D eigenvalue weighted by atomic mass is 9.97. The second-order valence-corrected chi connectivity index (χ2v) is 2.69. The van der Waals surface area contributed by atoms with Crippen molar-refractivity contribution in [1.82, 2.24) is 0 Å². The quantitative estimate of drug-likeness (QED) is 0.512. The maximum absolute atomic E-state index is 12.9. The minimum absolute atomic E-state index is 0.0718. The van der Waals surface area contributed by atoms with Gasteiger partial charge in [0.25, 0.3) is 0 Å². The van der Waals surface area contributed by atoms with Gasteiger partial charge in [-0.2, -0.15) is 0 Å². The largest absolute Gasteiger partial charge is 0.378 e. The summed E-state index contributed by atoms with van der Waals surface area (Å²) >= 11 is 0. The summed E-state index contributed by atoms with van der Waals surface area (Å²) in [6.45, 7) is 8.30. The first kappa shape index (κ1) is 9.89. The van der Waals surface area contributed by atoms with Gasteiger partial charge in [0.05, 0.1) is 13.2 Å². The number of alkyl halides is 1. The lowest BCUT2D eigenvalue weighted by Gasteiger charge is -2.14. The van der Waals surface area contributed by atoms with E-state index in [1.165, 1.54) is 0 Å². The summed E-state index contributed by atoms with van der Waals surface area (Å²) in [5.41, 5.74) is -1.07. The molecule has 2 atom stereocenters. The fraction of sp³-hybridized carbons (Fsp3) is 1.00. The second kappa shape index (κ2) is 3.91. The standard InChI is InChI=1S/C6H11FO.C2H6/c1-5-3-8-4-6(5,2)7;1-2/h5H,3-4H2,1-2H3;1-2H3. The first-order chi connectivity index (χ1) is 4.63. The second-order valence-electron chi connectivity index (χ2n) is 2.69. The van der Waals surface area contributed by atoms with Crippen molar-refractivity contribution in [3.05, 3.63) is 0 Å². The van der Waals surface area contributed by atoms with Crippen LogP contribution in [-0.2, 0) is 4.74 Å². The zero-order chi connectivity index (χ0) is 8.20. The first-order valence-electron chi connectivity index (χ1n) is 3.89. The molecule has 1 saturated heterocycles. The average molecular weight is 148 g/mol. The highest BCUT2D eigenvalue weighted by Crippen LogP contribution is 2.27. The maximum Gasteiger partial charge on any atom is 0.136 e. The third-order valence-corrected chi connectivity index (χ3v) is 1.78. The molecule has 1 aliphatic heterocycles. The third kappa shape index (κ3) is 2.25. The van der Waals surface area contributed by atoms with Gasteiger partial charge in [-0.1, -0.05) is 20.8 Å². The van der Waals surface area contributed by atoms with Crippen LogP contribution in [0.25, 0.3) is 0 Å². The van der Waals surface area contributed by atoms with E-state index in [9.17, 15) is 4.39 Å². The first-order valence-corrected chi connectivity index (χ1v) is 3.89. The van der Waals surface area contributed by atoms with Gasteiger partial charge in [0.2, 0.25) is 0 Å². The van der Waals surface area contributed by atoms with E-state index >= 15 is 0 Å². The molecule has 0 aromatic carbocycles. The Balaban J connectivity index is 0.000000371. The Morgan fingerprint density at radius 3 is 2.10 bits per heavy atom. The van der Waals surface area contributed by atoms with Crippen molar-refractivity contribution in [2.75, 3.05) is 13.2 Å². The van der Waals surface area contributed by atoms with E-state index in [-0.39, 0.29) is 12.5 Å². The van der Waals surface area contributed by atoms with Crippen LogP contribution in [0.4, 0.5) is 4.39 Å². The average Bonchev–Trinajstić information content (AvgIpc) is 2.17. The van der Waals surface area contributed by atoms with Crippen LogP contribution < -0.4 is 0 Å². The van der Waals surface area contributed by atoms with Gasteiger partial charge in [0.1, 0.15) is 5.67 Å². The zero-order valence-corrected chi connectivity index (χ0v) is 7.28. The van der Waals surface area contributed by atoms with E-state index in [2.05, 4.69) is 0 Å². The molecule has 0 aromatic heterocycles. The molecule has 0 saturated carbocycles. The van der Waals surface area contributed by atoms with E-state index in [0.717, 1.165) is 0 Å². The monoisotopic (exact) mass is 148 g/mol. The van der Waals surface area contributed by atoms with Crippen LogP contribution in [-0.4, -0.2) is 18.9 Å². The Labute approximate surface area is 62.6 Å². The smallest absolute Gasteiger partial charge is 0.136 e. The van der Waals surface area contributed by atoms with Gasteiger partial charge < -0.3 is 4.74 Å². The molecule has 1 aliphatic rings. The topological polar surface area (TPSA) is 9.23 Å². The molecule has 0 N–H and O–H groups in total. The SMILES string of the molecule is CC.CC1COCC1(C)F. The third-order valence-electron chi connectivity index (χ3n) is 1.78. The molecule has 1 heterocycles. The van der Waals surface area contributed by atoms with Crippen LogP contribution in [0.2, 0.25) is 0 Å². The predicted molar refractivity (Wildman–Crippen MR) is 40.8 cm³/mol. The van der Waals surface area contributed by atoms with Crippen molar-refractivity contribution in [2.45, 2.75) is 33.4 Å². The molecule has 1 nitrogen and oxygen atoms in total. The fourth-order valence-corrected chi connectivity index (χ4v) is 0.751. The predicted octanol–water partition coefficient (Wildman–Crippen LogP) is 2.41. The Morgan fingerprint density at radius 1 is 1.50 bits per heavy atom. The summed E-state index contributed by atoms with van der Waals surface area (Å²) < 4.78 is 17.8. The molecule has 0 aliphatic carbocycles. The van der Waals surface area contributed by atoms with Crippen molar-refractivity contribution in [3.63, 3.8) is 0 Å². The van der Waals surface area contributed by atoms with Crippen molar-refractivity contribution in [2.24, 2.45) is 5.92 Å². The van der Waals surface area contributed by atoms with E-state index < -0.39 is 5.67 Å². The van der Waals surface area contributed by atoms with Crippen LogP contribution >= 0.6 is 0 Å². The number of ether oxygens (including phenoxy) is 1. The molecule has 62 valence electrons. The summed E-state index contributed by atoms with van der Waals surface area (Å²) in [4.78, 5) is 0. The van der Waals surface area contributed by atoms with Crippen molar-refractivity contribution in [1.29, 1.82) is 0 Å². The van der Waals surface area contributed by atoms with E-state index in [0.29, 0.717) is 6.61 Å². The molecular formula is C8H17FO. The van der Waals surface area contributed by atoms with E-state index in [1.54, 1.807) is 6.92 Å². The zero-order valence-electron chi connectivity index (χ0n) is 7.28. The minimum Gasteiger partial charge on any atom is -0.378 e. The fourth-order valence-electron chi connectivity index (χ4n) is 0.751. The van der Waals surface area contributed by atoms with Gasteiger partial charge in [0, 0.05) is 5.92 Å². The summed E-state index contributed by atoms with van der Waals surface area (Å²) in [7, 11) is 0. The van der Waals surface area contributed by atoms with Gasteiger partial charge in [0.15, 0.2) is 0 Å². The molecule has 0 bridgehead atoms. The van der Waals surface area contributed by atoms with Gasteiger partial charge in [-0.25, -0.2) is 4.39 Å². The number of rotatable bonds is 0. The summed E-state index contributed by atoms with van der Waals surface area (Å²) in [6.07, 6.45) is 0. The number of hydrogen-bond acceptors (Lipinski definition) is 1. The van der Waals surface area contributed by atoms with Gasteiger partial charge >= 0.3 is 0 Å². The van der Waals surface area contributed by atoms with E-state index in [4.69, 9.17) is 4.74 Å². The Morgan fingerprint density at radius 2 is 2.00 bits per heavy atom. The Kier molecular flexibility index (Phi) is 3.87. The molecule has 0 aromatic rings. The van der Waals surface area contributed by atoms with E-state index in [1.807, 2.05) is 20.8 Å². The van der Waals surface area contributed by atoms with Gasteiger partial charge in [-0.3, -0.25) is 0 Å². The summed E-state index contributed by atoms with van der Waals surface area (Å²) in [5.74, 6) is 0.0718. The molecular weight excluding hydrogens is 131 g/mol. The molecule has 0 spiro atoms. The van der Waals surface area contributed by atoms with Crippen molar-refractivity contribution < 1.29 is 9.13 Å². The van der Waals surface area contributed by atoms with Crippen molar-refractivity contribution in [3.8, 4) is 0 Å². The minimum atomic E-state index is -1.07. The molecule has 2 heteroatoms. The molecule has 2 unspecified atom stereocenters. The summed E-state index contributed by atoms with van der Waals surface area (Å²) in [5, 5.41) is 0. The molecule has 10 heavy (non-hydrogen) atoms. The molecule has 1 rings (SSSR count). The van der Waals surface area contributed by atoms with Crippen LogP contribution in [0.15, 0.2) is 0 Å².